The molecule has 6 heteroatoms. The van der Waals surface area contributed by atoms with E-state index in [0.717, 1.165) is 16.7 Å². The Bertz CT molecular complexity index is 253. The molecule has 0 aliphatic carbocycles. The number of nitrogens with zero attached hydrogens (tertiary/aromatic N) is 1. The highest BCUT2D eigenvalue weighted by Gasteiger charge is 2.31. The quantitative estimate of drug-likeness (QED) is 0.562. The van der Waals surface area contributed by atoms with Crippen molar-refractivity contribution in [3.05, 3.63) is 0 Å². The van der Waals surface area contributed by atoms with E-state index in [2.05, 4.69) is 0 Å². The van der Waals surface area contributed by atoms with Crippen LogP contribution in [-0.4, -0.2) is 40.7 Å². The topological polar surface area (TPSA) is 74.3 Å². The highest BCUT2D eigenvalue weighted by molar-refractivity contribution is 8.15. The van der Waals surface area contributed by atoms with E-state index in [-0.39, 0.29) is 13.0 Å². The first-order valence-electron chi connectivity index (χ1n) is 3.76. The van der Waals surface area contributed by atoms with E-state index in [1.54, 1.807) is 0 Å². The molecule has 0 aromatic carbocycles. The Morgan fingerprint density at radius 3 is 2.77 bits per heavy atom. The number of imide groups is 1. The normalized spacial score (nSPS) is 17.8. The molecule has 1 aliphatic heterocycles. The predicted molar refractivity (Wildman–Crippen MR) is 44.4 cm³/mol. The molecule has 0 atom stereocenters. The monoisotopic (exact) mass is 202 g/mol. The van der Waals surface area contributed by atoms with Crippen molar-refractivity contribution in [1.82, 2.24) is 4.90 Å². The van der Waals surface area contributed by atoms with E-state index in [9.17, 15) is 19.5 Å². The zero-order valence-electron chi connectivity index (χ0n) is 6.82. The SMILES string of the molecule is [O]CCC(=O)N1CCSC(=O)C1=O. The summed E-state index contributed by atoms with van der Waals surface area (Å²) in [5, 5.41) is 9.50. The van der Waals surface area contributed by atoms with Crippen molar-refractivity contribution in [2.45, 2.75) is 6.42 Å². The minimum Gasteiger partial charge on any atom is -0.276 e. The van der Waals surface area contributed by atoms with Gasteiger partial charge in [-0.3, -0.25) is 19.3 Å². The molecule has 0 aromatic rings. The molecular weight excluding hydrogens is 194 g/mol. The predicted octanol–water partition coefficient (Wildman–Crippen LogP) is -0.564. The molecule has 13 heavy (non-hydrogen) atoms. The van der Waals surface area contributed by atoms with Gasteiger partial charge in [0.1, 0.15) is 0 Å². The number of thioether (sulfide) groups is 1. The number of carbonyl (C=O) groups is 3. The summed E-state index contributed by atoms with van der Waals surface area (Å²) < 4.78 is 0. The summed E-state index contributed by atoms with van der Waals surface area (Å²) in [5.74, 6) is -0.918. The summed E-state index contributed by atoms with van der Waals surface area (Å²) in [6.07, 6.45) is -0.219. The summed E-state index contributed by atoms with van der Waals surface area (Å²) in [5.41, 5.74) is 0. The van der Waals surface area contributed by atoms with E-state index in [1.165, 1.54) is 0 Å². The molecule has 1 fully saturated rings. The summed E-state index contributed by atoms with van der Waals surface area (Å²) in [7, 11) is 0. The summed E-state index contributed by atoms with van der Waals surface area (Å²) in [4.78, 5) is 33.9. The fraction of sp³-hybridized carbons (Fsp3) is 0.571. The number of hydrogen-bond donors (Lipinski definition) is 0. The van der Waals surface area contributed by atoms with Crippen molar-refractivity contribution in [3.8, 4) is 0 Å². The molecule has 0 unspecified atom stereocenters. The molecule has 1 radical (unpaired) electrons. The third kappa shape index (κ3) is 2.28. The second-order valence-electron chi connectivity index (χ2n) is 2.44. The first-order valence-corrected chi connectivity index (χ1v) is 4.75. The lowest BCUT2D eigenvalue weighted by Gasteiger charge is -2.22. The third-order valence-electron chi connectivity index (χ3n) is 1.58. The molecular formula is C7H8NO4S. The van der Waals surface area contributed by atoms with Gasteiger partial charge >= 0.3 is 5.91 Å². The largest absolute Gasteiger partial charge is 0.307 e. The van der Waals surface area contributed by atoms with E-state index in [1.807, 2.05) is 0 Å². The van der Waals surface area contributed by atoms with E-state index in [0.29, 0.717) is 5.75 Å². The van der Waals surface area contributed by atoms with Crippen LogP contribution in [0, 0.1) is 0 Å². The van der Waals surface area contributed by atoms with Crippen LogP contribution in [0.25, 0.3) is 0 Å². The van der Waals surface area contributed by atoms with Crippen LogP contribution in [0.3, 0.4) is 0 Å². The molecule has 1 saturated heterocycles. The number of hydrogen-bond acceptors (Lipinski definition) is 4. The number of amides is 2. The van der Waals surface area contributed by atoms with Crippen LogP contribution < -0.4 is 0 Å². The maximum atomic E-state index is 11.1. The second-order valence-corrected chi connectivity index (χ2v) is 3.51. The first-order chi connectivity index (χ1) is 6.16. The van der Waals surface area contributed by atoms with Gasteiger partial charge in [-0.15, -0.1) is 0 Å². The van der Waals surface area contributed by atoms with Crippen molar-refractivity contribution in [2.75, 3.05) is 18.9 Å². The van der Waals surface area contributed by atoms with Crippen molar-refractivity contribution >= 4 is 28.7 Å². The average molecular weight is 202 g/mol. The lowest BCUT2D eigenvalue weighted by atomic mass is 10.3. The molecule has 71 valence electrons. The van der Waals surface area contributed by atoms with E-state index in [4.69, 9.17) is 0 Å². The van der Waals surface area contributed by atoms with Gasteiger partial charge in [0.05, 0.1) is 13.0 Å². The lowest BCUT2D eigenvalue weighted by Crippen LogP contribution is -2.45. The molecule has 1 rings (SSSR count). The van der Waals surface area contributed by atoms with Crippen LogP contribution in [0.15, 0.2) is 0 Å². The Labute approximate surface area is 79.1 Å². The van der Waals surface area contributed by atoms with Gasteiger partial charge in [0.25, 0.3) is 5.12 Å². The van der Waals surface area contributed by atoms with Gasteiger partial charge in [0.15, 0.2) is 0 Å². The van der Waals surface area contributed by atoms with Gasteiger partial charge in [-0.1, -0.05) is 11.8 Å². The highest BCUT2D eigenvalue weighted by atomic mass is 32.2. The van der Waals surface area contributed by atoms with Crippen LogP contribution in [0.1, 0.15) is 6.42 Å². The first kappa shape index (κ1) is 10.2. The molecule has 1 heterocycles. The van der Waals surface area contributed by atoms with E-state index >= 15 is 0 Å². The zero-order chi connectivity index (χ0) is 9.84. The maximum Gasteiger partial charge on any atom is 0.307 e. The van der Waals surface area contributed by atoms with Gasteiger partial charge in [-0.05, 0) is 0 Å². The average Bonchev–Trinajstić information content (AvgIpc) is 2.10. The van der Waals surface area contributed by atoms with Gasteiger partial charge in [-0.25, -0.2) is 5.11 Å². The second kappa shape index (κ2) is 4.38. The molecule has 0 aromatic heterocycles. The molecule has 1 aliphatic rings. The third-order valence-corrected chi connectivity index (χ3v) is 2.41. The minimum absolute atomic E-state index is 0.219. The van der Waals surface area contributed by atoms with Crippen molar-refractivity contribution in [1.29, 1.82) is 0 Å². The highest BCUT2D eigenvalue weighted by Crippen LogP contribution is 2.13. The fourth-order valence-electron chi connectivity index (χ4n) is 0.963. The molecule has 5 nitrogen and oxygen atoms in total. The molecule has 0 saturated carbocycles. The Morgan fingerprint density at radius 2 is 2.15 bits per heavy atom. The van der Waals surface area contributed by atoms with Gasteiger partial charge in [0, 0.05) is 12.3 Å². The maximum absolute atomic E-state index is 11.1. The minimum atomic E-state index is -0.797. The van der Waals surface area contributed by atoms with Gasteiger partial charge in [0.2, 0.25) is 5.91 Å². The van der Waals surface area contributed by atoms with Crippen molar-refractivity contribution in [3.63, 3.8) is 0 Å². The van der Waals surface area contributed by atoms with Crippen LogP contribution in [0.5, 0.6) is 0 Å². The van der Waals surface area contributed by atoms with Crippen LogP contribution in [0.2, 0.25) is 0 Å². The molecule has 0 bridgehead atoms. The van der Waals surface area contributed by atoms with Crippen LogP contribution in [0.4, 0.5) is 0 Å². The number of carbonyl (C=O) groups excluding carboxylic acids is 3. The molecule has 0 spiro atoms. The van der Waals surface area contributed by atoms with Gasteiger partial charge < -0.3 is 0 Å². The standard InChI is InChI=1S/C7H8NO4S/c9-3-1-5(10)8-2-4-13-7(12)6(8)11/h1-4H2. The van der Waals surface area contributed by atoms with Gasteiger partial charge in [-0.2, -0.15) is 0 Å². The van der Waals surface area contributed by atoms with Crippen LogP contribution in [-0.2, 0) is 19.5 Å². The Morgan fingerprint density at radius 1 is 1.46 bits per heavy atom. The fourth-order valence-corrected chi connectivity index (χ4v) is 1.66. The summed E-state index contributed by atoms with van der Waals surface area (Å²) in [6.45, 7) is -0.321. The summed E-state index contributed by atoms with van der Waals surface area (Å²) in [6, 6.07) is 0. The number of rotatable bonds is 2. The summed E-state index contributed by atoms with van der Waals surface area (Å²) >= 11 is 0.905. The Hall–Kier alpha value is -0.880. The molecule has 0 N–H and O–H groups in total. The lowest BCUT2D eigenvalue weighted by molar-refractivity contribution is -0.149. The van der Waals surface area contributed by atoms with Crippen molar-refractivity contribution < 1.29 is 19.5 Å². The van der Waals surface area contributed by atoms with Crippen molar-refractivity contribution in [2.24, 2.45) is 0 Å². The van der Waals surface area contributed by atoms with Crippen LogP contribution >= 0.6 is 11.8 Å². The smallest absolute Gasteiger partial charge is 0.276 e. The Balaban J connectivity index is 2.63. The molecule has 2 amide bonds. The Kier molecular flexibility index (Phi) is 3.44. The zero-order valence-corrected chi connectivity index (χ0v) is 7.63. The van der Waals surface area contributed by atoms with E-state index < -0.39 is 23.5 Å².